The summed E-state index contributed by atoms with van der Waals surface area (Å²) >= 11 is 0. The summed E-state index contributed by atoms with van der Waals surface area (Å²) in [6.45, 7) is 6.22. The van der Waals surface area contributed by atoms with Crippen LogP contribution in [0.3, 0.4) is 0 Å². The number of para-hydroxylation sites is 1. The maximum atomic E-state index is 12.2. The molecule has 2 aromatic rings. The van der Waals surface area contributed by atoms with Crippen LogP contribution in [0.25, 0.3) is 0 Å². The van der Waals surface area contributed by atoms with Gasteiger partial charge in [-0.15, -0.1) is 0 Å². The molecule has 1 N–H and O–H groups in total. The average Bonchev–Trinajstić information content (AvgIpc) is 3.10. The second kappa shape index (κ2) is 8.83. The third kappa shape index (κ3) is 4.42. The van der Waals surface area contributed by atoms with Crippen LogP contribution in [0.15, 0.2) is 48.5 Å². The number of nitrogens with zero attached hydrogens (tertiary/aromatic N) is 1. The van der Waals surface area contributed by atoms with Crippen molar-refractivity contribution >= 4 is 23.0 Å². The lowest BCUT2D eigenvalue weighted by Gasteiger charge is -2.20. The molecule has 0 aliphatic carbocycles. The summed E-state index contributed by atoms with van der Waals surface area (Å²) in [6.07, 6.45) is 0.547. The van der Waals surface area contributed by atoms with E-state index in [0.29, 0.717) is 19.8 Å². The molecule has 5 nitrogen and oxygen atoms in total. The van der Waals surface area contributed by atoms with Crippen molar-refractivity contribution in [3.63, 3.8) is 0 Å². The van der Waals surface area contributed by atoms with Crippen molar-refractivity contribution in [2.75, 3.05) is 36.6 Å². The second-order valence-corrected chi connectivity index (χ2v) is 6.28. The van der Waals surface area contributed by atoms with Gasteiger partial charge in [0.1, 0.15) is 6.10 Å². The lowest BCUT2D eigenvalue weighted by atomic mass is 10.2. The van der Waals surface area contributed by atoms with Crippen LogP contribution in [-0.2, 0) is 20.7 Å². The first-order valence-electron chi connectivity index (χ1n) is 9.14. The molecule has 5 heteroatoms. The number of fused-ring (bicyclic) bond motifs is 1. The minimum atomic E-state index is -0.513. The highest BCUT2D eigenvalue weighted by atomic mass is 16.5. The fraction of sp³-hybridized carbons (Fsp3) is 0.381. The van der Waals surface area contributed by atoms with Crippen LogP contribution >= 0.6 is 0 Å². The molecule has 2 aromatic carbocycles. The number of amides is 1. The molecule has 0 bridgehead atoms. The second-order valence-electron chi connectivity index (χ2n) is 6.28. The third-order valence-corrected chi connectivity index (χ3v) is 4.50. The first-order chi connectivity index (χ1) is 12.7. The third-order valence-electron chi connectivity index (χ3n) is 4.50. The smallest absolute Gasteiger partial charge is 0.253 e. The Balaban J connectivity index is 1.56. The lowest BCUT2D eigenvalue weighted by molar-refractivity contribution is -0.127. The van der Waals surface area contributed by atoms with Crippen molar-refractivity contribution in [1.29, 1.82) is 0 Å². The standard InChI is InChI=1S/C21H26N2O3/c1-3-25-14-15-26-16(2)21(24)22-18-8-10-19(11-9-18)23-13-12-17-6-4-5-7-20(17)23/h4-11,16H,3,12-15H2,1-2H3,(H,22,24). The Hall–Kier alpha value is -2.37. The summed E-state index contributed by atoms with van der Waals surface area (Å²) in [5, 5.41) is 2.90. The van der Waals surface area contributed by atoms with Gasteiger partial charge in [0, 0.05) is 30.2 Å². The number of carbonyl (C=O) groups is 1. The highest BCUT2D eigenvalue weighted by Gasteiger charge is 2.19. The molecule has 1 atom stereocenters. The number of hydrogen-bond donors (Lipinski definition) is 1. The molecule has 138 valence electrons. The molecule has 1 amide bonds. The summed E-state index contributed by atoms with van der Waals surface area (Å²) in [4.78, 5) is 14.5. The van der Waals surface area contributed by atoms with E-state index in [-0.39, 0.29) is 5.91 Å². The first-order valence-corrected chi connectivity index (χ1v) is 9.14. The lowest BCUT2D eigenvalue weighted by Crippen LogP contribution is -2.28. The van der Waals surface area contributed by atoms with Gasteiger partial charge in [0.05, 0.1) is 13.2 Å². The zero-order valence-electron chi connectivity index (χ0n) is 15.4. The Morgan fingerprint density at radius 2 is 1.92 bits per heavy atom. The maximum Gasteiger partial charge on any atom is 0.253 e. The van der Waals surface area contributed by atoms with Crippen LogP contribution in [0.1, 0.15) is 19.4 Å². The highest BCUT2D eigenvalue weighted by Crippen LogP contribution is 2.34. The van der Waals surface area contributed by atoms with Crippen LogP contribution in [0.4, 0.5) is 17.1 Å². The first kappa shape index (κ1) is 18.4. The number of benzene rings is 2. The van der Waals surface area contributed by atoms with Crippen molar-refractivity contribution < 1.29 is 14.3 Å². The predicted molar refractivity (Wildman–Crippen MR) is 104 cm³/mol. The van der Waals surface area contributed by atoms with Gasteiger partial charge in [-0.3, -0.25) is 4.79 Å². The molecule has 1 unspecified atom stereocenters. The van der Waals surface area contributed by atoms with Gasteiger partial charge in [0.15, 0.2) is 0 Å². The SMILES string of the molecule is CCOCCOC(C)C(=O)Nc1ccc(N2CCc3ccccc32)cc1. The highest BCUT2D eigenvalue weighted by molar-refractivity contribution is 5.94. The number of ether oxygens (including phenoxy) is 2. The molecule has 3 rings (SSSR count). The van der Waals surface area contributed by atoms with Crippen LogP contribution in [0, 0.1) is 0 Å². The van der Waals surface area contributed by atoms with Crippen LogP contribution < -0.4 is 10.2 Å². The Labute approximate surface area is 154 Å². The Morgan fingerprint density at radius 3 is 2.69 bits per heavy atom. The minimum Gasteiger partial charge on any atom is -0.379 e. The van der Waals surface area contributed by atoms with Gasteiger partial charge >= 0.3 is 0 Å². The largest absolute Gasteiger partial charge is 0.379 e. The molecular formula is C21H26N2O3. The molecule has 0 aromatic heterocycles. The monoisotopic (exact) mass is 354 g/mol. The summed E-state index contributed by atoms with van der Waals surface area (Å²) in [5.41, 5.74) is 4.55. The minimum absolute atomic E-state index is 0.152. The summed E-state index contributed by atoms with van der Waals surface area (Å²) < 4.78 is 10.7. The summed E-state index contributed by atoms with van der Waals surface area (Å²) in [5.74, 6) is -0.152. The molecule has 26 heavy (non-hydrogen) atoms. The predicted octanol–water partition coefficient (Wildman–Crippen LogP) is 3.76. The van der Waals surface area contributed by atoms with E-state index in [1.54, 1.807) is 6.92 Å². The normalized spacial score (nSPS) is 14.2. The quantitative estimate of drug-likeness (QED) is 0.734. The number of hydrogen-bond acceptors (Lipinski definition) is 4. The summed E-state index contributed by atoms with van der Waals surface area (Å²) in [6, 6.07) is 16.4. The Kier molecular flexibility index (Phi) is 6.26. The van der Waals surface area contributed by atoms with E-state index in [1.165, 1.54) is 11.3 Å². The van der Waals surface area contributed by atoms with E-state index < -0.39 is 6.10 Å². The van der Waals surface area contributed by atoms with E-state index in [9.17, 15) is 4.79 Å². The summed E-state index contributed by atoms with van der Waals surface area (Å²) in [7, 11) is 0. The molecule has 0 radical (unpaired) electrons. The zero-order chi connectivity index (χ0) is 18.4. The van der Waals surface area contributed by atoms with Crippen LogP contribution in [0.5, 0.6) is 0 Å². The zero-order valence-corrected chi connectivity index (χ0v) is 15.4. The van der Waals surface area contributed by atoms with Crippen molar-refractivity contribution in [2.45, 2.75) is 26.4 Å². The number of anilines is 3. The van der Waals surface area contributed by atoms with E-state index in [2.05, 4.69) is 34.5 Å². The van der Waals surface area contributed by atoms with Gasteiger partial charge in [-0.2, -0.15) is 0 Å². The topological polar surface area (TPSA) is 50.8 Å². The van der Waals surface area contributed by atoms with Crippen LogP contribution in [0.2, 0.25) is 0 Å². The number of carbonyl (C=O) groups excluding carboxylic acids is 1. The van der Waals surface area contributed by atoms with Crippen molar-refractivity contribution in [3.8, 4) is 0 Å². The molecule has 0 fully saturated rings. The molecule has 0 saturated heterocycles. The van der Waals surface area contributed by atoms with Gasteiger partial charge in [-0.1, -0.05) is 18.2 Å². The molecule has 1 aliphatic heterocycles. The molecule has 1 aliphatic rings. The van der Waals surface area contributed by atoms with Gasteiger partial charge < -0.3 is 19.7 Å². The Morgan fingerprint density at radius 1 is 1.15 bits per heavy atom. The average molecular weight is 354 g/mol. The van der Waals surface area contributed by atoms with Gasteiger partial charge in [0.2, 0.25) is 0 Å². The fourth-order valence-corrected chi connectivity index (χ4v) is 3.08. The fourth-order valence-electron chi connectivity index (χ4n) is 3.08. The number of rotatable bonds is 8. The van der Waals surface area contributed by atoms with Crippen LogP contribution in [-0.4, -0.2) is 38.4 Å². The van der Waals surface area contributed by atoms with E-state index >= 15 is 0 Å². The van der Waals surface area contributed by atoms with E-state index in [0.717, 1.165) is 24.3 Å². The van der Waals surface area contributed by atoms with Crippen molar-refractivity contribution in [2.24, 2.45) is 0 Å². The molecule has 0 saturated carbocycles. The molecular weight excluding hydrogens is 328 g/mol. The Bertz CT molecular complexity index is 730. The molecule has 1 heterocycles. The van der Waals surface area contributed by atoms with Crippen molar-refractivity contribution in [3.05, 3.63) is 54.1 Å². The van der Waals surface area contributed by atoms with Gasteiger partial charge in [-0.25, -0.2) is 0 Å². The van der Waals surface area contributed by atoms with E-state index in [4.69, 9.17) is 9.47 Å². The van der Waals surface area contributed by atoms with Crippen molar-refractivity contribution in [1.82, 2.24) is 0 Å². The number of nitrogens with one attached hydrogen (secondary N) is 1. The molecule has 0 spiro atoms. The van der Waals surface area contributed by atoms with Gasteiger partial charge in [0.25, 0.3) is 5.91 Å². The maximum absolute atomic E-state index is 12.2. The van der Waals surface area contributed by atoms with E-state index in [1.807, 2.05) is 31.2 Å². The van der Waals surface area contributed by atoms with Gasteiger partial charge in [-0.05, 0) is 56.2 Å².